The molecule has 0 saturated carbocycles. The summed E-state index contributed by atoms with van der Waals surface area (Å²) in [6.45, 7) is 1.64. The highest BCUT2D eigenvalue weighted by Crippen LogP contribution is 2.33. The summed E-state index contributed by atoms with van der Waals surface area (Å²) in [5.41, 5.74) is 3.37. The maximum Gasteiger partial charge on any atom is 0.339 e. The van der Waals surface area contributed by atoms with Crippen LogP contribution in [0.1, 0.15) is 22.8 Å². The van der Waals surface area contributed by atoms with E-state index in [1.54, 1.807) is 24.6 Å². The van der Waals surface area contributed by atoms with Gasteiger partial charge in [-0.2, -0.15) is 0 Å². The van der Waals surface area contributed by atoms with Crippen molar-refractivity contribution < 1.29 is 14.3 Å². The molecule has 6 heteroatoms. The summed E-state index contributed by atoms with van der Waals surface area (Å²) in [4.78, 5) is 29.6. The molecule has 0 saturated heterocycles. The van der Waals surface area contributed by atoms with Crippen LogP contribution in [-0.4, -0.2) is 22.5 Å². The fourth-order valence-corrected chi connectivity index (χ4v) is 3.73. The van der Waals surface area contributed by atoms with Gasteiger partial charge >= 0.3 is 5.97 Å². The second kappa shape index (κ2) is 6.38. The molecule has 2 heterocycles. The van der Waals surface area contributed by atoms with E-state index in [9.17, 15) is 9.59 Å². The molecule has 1 atom stereocenters. The zero-order chi connectivity index (χ0) is 18.1. The molecular formula is C20H16N2O3S. The van der Waals surface area contributed by atoms with Crippen LogP contribution in [0.3, 0.4) is 0 Å². The van der Waals surface area contributed by atoms with Gasteiger partial charge in [-0.3, -0.25) is 4.79 Å². The van der Waals surface area contributed by atoms with Crippen LogP contribution in [-0.2, 0) is 16.0 Å². The number of fused-ring (bicyclic) bond motifs is 1. The molecule has 2 aromatic carbocycles. The average molecular weight is 364 g/mol. The van der Waals surface area contributed by atoms with Crippen molar-refractivity contribution in [2.45, 2.75) is 18.9 Å². The summed E-state index contributed by atoms with van der Waals surface area (Å²) < 4.78 is 5.49. The van der Waals surface area contributed by atoms with E-state index in [4.69, 9.17) is 4.74 Å². The largest absolute Gasteiger partial charge is 0.445 e. The molecule has 1 aliphatic heterocycles. The first-order valence-electron chi connectivity index (χ1n) is 8.18. The topological polar surface area (TPSA) is 68.3 Å². The maximum atomic E-state index is 12.9. The third-order valence-electron chi connectivity index (χ3n) is 4.41. The SMILES string of the molecule is C[C@@]1(C(=O)Nc2scnc2-c2ccccc2)Cc2ccccc2C(=O)O1. The Morgan fingerprint density at radius 1 is 1.15 bits per heavy atom. The molecule has 130 valence electrons. The van der Waals surface area contributed by atoms with Gasteiger partial charge < -0.3 is 10.1 Å². The van der Waals surface area contributed by atoms with Gasteiger partial charge in [0.25, 0.3) is 5.91 Å². The molecule has 4 rings (SSSR count). The van der Waals surface area contributed by atoms with Crippen LogP contribution in [0, 0.1) is 0 Å². The lowest BCUT2D eigenvalue weighted by atomic mass is 9.89. The van der Waals surface area contributed by atoms with E-state index in [1.807, 2.05) is 42.5 Å². The molecule has 1 N–H and O–H groups in total. The minimum atomic E-state index is -1.26. The summed E-state index contributed by atoms with van der Waals surface area (Å²) >= 11 is 1.34. The van der Waals surface area contributed by atoms with E-state index in [1.165, 1.54) is 11.3 Å². The molecule has 0 fully saturated rings. The van der Waals surface area contributed by atoms with Gasteiger partial charge in [0.05, 0.1) is 11.1 Å². The fourth-order valence-electron chi connectivity index (χ4n) is 3.03. The number of aromatic nitrogens is 1. The summed E-state index contributed by atoms with van der Waals surface area (Å²) in [6.07, 6.45) is 0.334. The summed E-state index contributed by atoms with van der Waals surface area (Å²) in [5.74, 6) is -0.834. The number of hydrogen-bond acceptors (Lipinski definition) is 5. The summed E-state index contributed by atoms with van der Waals surface area (Å²) in [5, 5.41) is 3.53. The highest BCUT2D eigenvalue weighted by molar-refractivity contribution is 7.14. The molecule has 5 nitrogen and oxygen atoms in total. The third-order valence-corrected chi connectivity index (χ3v) is 5.15. The fraction of sp³-hybridized carbons (Fsp3) is 0.150. The molecule has 1 amide bonds. The van der Waals surface area contributed by atoms with Gasteiger partial charge in [-0.15, -0.1) is 11.3 Å². The first kappa shape index (κ1) is 16.5. The van der Waals surface area contributed by atoms with Crippen molar-refractivity contribution in [3.05, 3.63) is 71.2 Å². The average Bonchev–Trinajstić information content (AvgIpc) is 3.10. The highest BCUT2D eigenvalue weighted by atomic mass is 32.1. The van der Waals surface area contributed by atoms with E-state index in [0.29, 0.717) is 22.7 Å². The smallest absolute Gasteiger partial charge is 0.339 e. The Kier molecular flexibility index (Phi) is 4.05. The van der Waals surface area contributed by atoms with Crippen molar-refractivity contribution in [2.24, 2.45) is 0 Å². The van der Waals surface area contributed by atoms with E-state index < -0.39 is 11.6 Å². The van der Waals surface area contributed by atoms with Crippen LogP contribution in [0.4, 0.5) is 5.00 Å². The number of thiazole rings is 1. The molecule has 1 aliphatic rings. The van der Waals surface area contributed by atoms with Crippen molar-refractivity contribution in [3.8, 4) is 11.3 Å². The molecule has 3 aromatic rings. The summed E-state index contributed by atoms with van der Waals surface area (Å²) in [6, 6.07) is 16.8. The van der Waals surface area contributed by atoms with Gasteiger partial charge in [0.15, 0.2) is 5.60 Å². The number of nitrogens with zero attached hydrogens (tertiary/aromatic N) is 1. The number of nitrogens with one attached hydrogen (secondary N) is 1. The lowest BCUT2D eigenvalue weighted by Gasteiger charge is -2.32. The second-order valence-electron chi connectivity index (χ2n) is 6.30. The molecule has 0 bridgehead atoms. The van der Waals surface area contributed by atoms with Crippen molar-refractivity contribution in [3.63, 3.8) is 0 Å². The third kappa shape index (κ3) is 2.88. The lowest BCUT2D eigenvalue weighted by Crippen LogP contribution is -2.48. The number of anilines is 1. The first-order valence-corrected chi connectivity index (χ1v) is 9.06. The van der Waals surface area contributed by atoms with Gasteiger partial charge in [-0.1, -0.05) is 48.5 Å². The van der Waals surface area contributed by atoms with Gasteiger partial charge in [-0.05, 0) is 18.6 Å². The Bertz CT molecular complexity index is 983. The monoisotopic (exact) mass is 364 g/mol. The van der Waals surface area contributed by atoms with Crippen LogP contribution in [0.25, 0.3) is 11.3 Å². The minimum absolute atomic E-state index is 0.334. The number of esters is 1. The molecule has 0 aliphatic carbocycles. The predicted octanol–water partition coefficient (Wildman–Crippen LogP) is 3.92. The molecule has 0 unspecified atom stereocenters. The zero-order valence-electron chi connectivity index (χ0n) is 14.1. The summed E-state index contributed by atoms with van der Waals surface area (Å²) in [7, 11) is 0. The van der Waals surface area contributed by atoms with Crippen molar-refractivity contribution in [2.75, 3.05) is 5.32 Å². The van der Waals surface area contributed by atoms with Crippen LogP contribution < -0.4 is 5.32 Å². The Morgan fingerprint density at radius 2 is 1.88 bits per heavy atom. The number of rotatable bonds is 3. The number of carbonyl (C=O) groups excluding carboxylic acids is 2. The Balaban J connectivity index is 1.60. The number of carbonyl (C=O) groups is 2. The number of benzene rings is 2. The molecule has 0 spiro atoms. The van der Waals surface area contributed by atoms with Crippen LogP contribution in [0.2, 0.25) is 0 Å². The lowest BCUT2D eigenvalue weighted by molar-refractivity contribution is -0.134. The minimum Gasteiger partial charge on any atom is -0.445 e. The number of hydrogen-bond donors (Lipinski definition) is 1. The van der Waals surface area contributed by atoms with Crippen LogP contribution in [0.5, 0.6) is 0 Å². The Labute approximate surface area is 154 Å². The van der Waals surface area contributed by atoms with Gasteiger partial charge in [0.1, 0.15) is 10.7 Å². The van der Waals surface area contributed by atoms with Gasteiger partial charge in [0, 0.05) is 12.0 Å². The molecule has 26 heavy (non-hydrogen) atoms. The van der Waals surface area contributed by atoms with Crippen molar-refractivity contribution in [1.82, 2.24) is 4.98 Å². The zero-order valence-corrected chi connectivity index (χ0v) is 14.9. The van der Waals surface area contributed by atoms with Crippen LogP contribution in [0.15, 0.2) is 60.1 Å². The molecule has 1 aromatic heterocycles. The quantitative estimate of drug-likeness (QED) is 0.715. The van der Waals surface area contributed by atoms with Gasteiger partial charge in [0.2, 0.25) is 0 Å². The van der Waals surface area contributed by atoms with Crippen LogP contribution >= 0.6 is 11.3 Å². The highest BCUT2D eigenvalue weighted by Gasteiger charge is 2.43. The van der Waals surface area contributed by atoms with E-state index in [0.717, 1.165) is 11.1 Å². The molecule has 0 radical (unpaired) electrons. The van der Waals surface area contributed by atoms with E-state index in [-0.39, 0.29) is 5.91 Å². The molecular weight excluding hydrogens is 348 g/mol. The van der Waals surface area contributed by atoms with E-state index in [2.05, 4.69) is 10.3 Å². The predicted molar refractivity (Wildman–Crippen MR) is 100 cm³/mol. The number of amides is 1. The Morgan fingerprint density at radius 3 is 2.69 bits per heavy atom. The number of cyclic esters (lactones) is 1. The normalized spacial score (nSPS) is 18.7. The Hall–Kier alpha value is -2.99. The number of ether oxygens (including phenoxy) is 1. The maximum absolute atomic E-state index is 12.9. The first-order chi connectivity index (χ1) is 12.6. The van der Waals surface area contributed by atoms with Crippen molar-refractivity contribution >= 4 is 28.2 Å². The van der Waals surface area contributed by atoms with E-state index >= 15 is 0 Å². The van der Waals surface area contributed by atoms with Crippen molar-refractivity contribution in [1.29, 1.82) is 0 Å². The second-order valence-corrected chi connectivity index (χ2v) is 7.16. The van der Waals surface area contributed by atoms with Gasteiger partial charge in [-0.25, -0.2) is 9.78 Å². The standard InChI is InChI=1S/C20H16N2O3S/c1-20(11-14-9-5-6-10-15(14)18(23)25-20)19(24)22-17-16(21-12-26-17)13-7-3-2-4-8-13/h2-10,12H,11H2,1H3,(H,22,24)/t20-/m0/s1.